The number of nitrogens with one attached hydrogen (secondary N) is 2. The number of likely N-dealkylation sites (tertiary alicyclic amines) is 1. The minimum Gasteiger partial charge on any atom is -0.340 e. The van der Waals surface area contributed by atoms with Crippen LogP contribution in [0.1, 0.15) is 48.2 Å². The second kappa shape index (κ2) is 9.14. The van der Waals surface area contributed by atoms with Crippen molar-refractivity contribution in [2.45, 2.75) is 44.6 Å². The van der Waals surface area contributed by atoms with E-state index in [0.29, 0.717) is 27.8 Å². The van der Waals surface area contributed by atoms with E-state index in [0.717, 1.165) is 38.6 Å². The van der Waals surface area contributed by atoms with Gasteiger partial charge in [0.15, 0.2) is 0 Å². The molecule has 1 saturated carbocycles. The van der Waals surface area contributed by atoms with Crippen molar-refractivity contribution in [3.05, 3.63) is 39.7 Å². The molecule has 158 valence electrons. The Bertz CT molecular complexity index is 938. The average molecular weight is 447 g/mol. The number of hydrogen-bond donors (Lipinski definition) is 2. The second-order valence-electron chi connectivity index (χ2n) is 7.66. The highest BCUT2D eigenvalue weighted by Gasteiger charge is 2.33. The van der Waals surface area contributed by atoms with Gasteiger partial charge >= 0.3 is 0 Å². The topological polar surface area (TPSA) is 91.4 Å². The van der Waals surface area contributed by atoms with Gasteiger partial charge in [0.05, 0.1) is 10.7 Å². The molecule has 2 aromatic heterocycles. The van der Waals surface area contributed by atoms with Crippen LogP contribution in [-0.4, -0.2) is 40.2 Å². The maximum Gasteiger partial charge on any atom is 0.269 e. The Hall–Kier alpha value is -2.45. The minimum atomic E-state index is -0.327. The van der Waals surface area contributed by atoms with E-state index in [1.807, 2.05) is 4.90 Å². The summed E-state index contributed by atoms with van der Waals surface area (Å²) in [6.45, 7) is 0.843. The predicted molar refractivity (Wildman–Crippen MR) is 117 cm³/mol. The van der Waals surface area contributed by atoms with E-state index in [2.05, 4.69) is 15.6 Å². The molecule has 3 heterocycles. The van der Waals surface area contributed by atoms with Crippen LogP contribution >= 0.6 is 22.9 Å². The predicted octanol–water partition coefficient (Wildman–Crippen LogP) is 4.17. The zero-order valence-corrected chi connectivity index (χ0v) is 18.0. The van der Waals surface area contributed by atoms with E-state index in [4.69, 9.17) is 11.6 Å². The van der Waals surface area contributed by atoms with Crippen LogP contribution in [0.3, 0.4) is 0 Å². The fourth-order valence-electron chi connectivity index (χ4n) is 4.15. The van der Waals surface area contributed by atoms with Gasteiger partial charge < -0.3 is 15.5 Å². The first kappa shape index (κ1) is 20.8. The Morgan fingerprint density at radius 3 is 2.60 bits per heavy atom. The molecule has 0 spiro atoms. The van der Waals surface area contributed by atoms with Gasteiger partial charge in [0.1, 0.15) is 10.7 Å². The van der Waals surface area contributed by atoms with Crippen LogP contribution in [0.25, 0.3) is 0 Å². The summed E-state index contributed by atoms with van der Waals surface area (Å²) in [6.07, 6.45) is 6.25. The monoisotopic (exact) mass is 446 g/mol. The molecule has 7 nitrogen and oxygen atoms in total. The Balaban J connectivity index is 1.33. The number of amides is 3. The fourth-order valence-corrected chi connectivity index (χ4v) is 5.00. The standard InChI is InChI=1S/C21H23ClN4O3S/c22-14-5-8-17(23-12-14)25-21(29)19-16(9-11-30-19)24-20(28)13-3-6-15(7-4-13)26-10-1-2-18(26)27/h5,8-9,11-13,15H,1-4,6-7,10H2,(H,24,28)(H,23,25,29). The van der Waals surface area contributed by atoms with Crippen LogP contribution in [0, 0.1) is 5.92 Å². The lowest BCUT2D eigenvalue weighted by atomic mass is 9.84. The quantitative estimate of drug-likeness (QED) is 0.721. The summed E-state index contributed by atoms with van der Waals surface area (Å²) >= 11 is 7.08. The molecule has 2 aromatic rings. The molecular weight excluding hydrogens is 424 g/mol. The smallest absolute Gasteiger partial charge is 0.269 e. The zero-order valence-electron chi connectivity index (χ0n) is 16.4. The van der Waals surface area contributed by atoms with Crippen molar-refractivity contribution >= 4 is 52.2 Å². The number of rotatable bonds is 5. The molecule has 3 amide bonds. The van der Waals surface area contributed by atoms with Crippen LogP contribution < -0.4 is 10.6 Å². The number of thiophene rings is 1. The molecule has 2 N–H and O–H groups in total. The molecule has 0 atom stereocenters. The van der Waals surface area contributed by atoms with Crippen LogP contribution in [0.5, 0.6) is 0 Å². The molecule has 0 radical (unpaired) electrons. The largest absolute Gasteiger partial charge is 0.340 e. The number of aromatic nitrogens is 1. The molecule has 9 heteroatoms. The summed E-state index contributed by atoms with van der Waals surface area (Å²) < 4.78 is 0. The summed E-state index contributed by atoms with van der Waals surface area (Å²) in [6, 6.07) is 5.27. The van der Waals surface area contributed by atoms with E-state index in [9.17, 15) is 14.4 Å². The Morgan fingerprint density at radius 2 is 1.93 bits per heavy atom. The molecule has 1 saturated heterocycles. The highest BCUT2D eigenvalue weighted by molar-refractivity contribution is 7.12. The van der Waals surface area contributed by atoms with E-state index < -0.39 is 0 Å². The molecule has 0 aromatic carbocycles. The second-order valence-corrected chi connectivity index (χ2v) is 9.02. The van der Waals surface area contributed by atoms with Crippen molar-refractivity contribution in [3.8, 4) is 0 Å². The third-order valence-electron chi connectivity index (χ3n) is 5.72. The van der Waals surface area contributed by atoms with Crippen LogP contribution in [-0.2, 0) is 9.59 Å². The molecule has 0 bridgehead atoms. The minimum absolute atomic E-state index is 0.0710. The summed E-state index contributed by atoms with van der Waals surface area (Å²) in [5.74, 6) is 0.134. The highest BCUT2D eigenvalue weighted by atomic mass is 35.5. The van der Waals surface area contributed by atoms with E-state index in [-0.39, 0.29) is 29.7 Å². The summed E-state index contributed by atoms with van der Waals surface area (Å²) in [5, 5.41) is 7.90. The lowest BCUT2D eigenvalue weighted by Crippen LogP contribution is -2.40. The first-order valence-corrected chi connectivity index (χ1v) is 11.4. The van der Waals surface area contributed by atoms with Gasteiger partial charge in [-0.3, -0.25) is 14.4 Å². The molecule has 1 aliphatic heterocycles. The van der Waals surface area contributed by atoms with Crippen molar-refractivity contribution in [2.24, 2.45) is 5.92 Å². The van der Waals surface area contributed by atoms with Crippen LogP contribution in [0.4, 0.5) is 11.5 Å². The lowest BCUT2D eigenvalue weighted by Gasteiger charge is -2.34. The average Bonchev–Trinajstić information content (AvgIpc) is 3.38. The van der Waals surface area contributed by atoms with Crippen molar-refractivity contribution < 1.29 is 14.4 Å². The number of carbonyl (C=O) groups excluding carboxylic acids is 3. The van der Waals surface area contributed by atoms with Crippen molar-refractivity contribution in [3.63, 3.8) is 0 Å². The maximum absolute atomic E-state index is 12.8. The molecular formula is C21H23ClN4O3S. The van der Waals surface area contributed by atoms with E-state index >= 15 is 0 Å². The van der Waals surface area contributed by atoms with Gasteiger partial charge in [0.2, 0.25) is 11.8 Å². The number of hydrogen-bond acceptors (Lipinski definition) is 5. The van der Waals surface area contributed by atoms with Crippen molar-refractivity contribution in [1.82, 2.24) is 9.88 Å². The normalized spacial score (nSPS) is 21.5. The van der Waals surface area contributed by atoms with Crippen molar-refractivity contribution in [2.75, 3.05) is 17.2 Å². The molecule has 4 rings (SSSR count). The van der Waals surface area contributed by atoms with Gasteiger partial charge in [0.25, 0.3) is 5.91 Å². The summed E-state index contributed by atoms with van der Waals surface area (Å²) in [4.78, 5) is 43.8. The third kappa shape index (κ3) is 4.65. The number of pyridine rings is 1. The van der Waals surface area contributed by atoms with Gasteiger partial charge in [-0.25, -0.2) is 4.98 Å². The molecule has 2 fully saturated rings. The Labute approximate surface area is 183 Å². The first-order valence-electron chi connectivity index (χ1n) is 10.1. The SMILES string of the molecule is O=C(Nc1ccc(Cl)cn1)c1sccc1NC(=O)C1CCC(N2CCCC2=O)CC1. The molecule has 30 heavy (non-hydrogen) atoms. The van der Waals surface area contributed by atoms with Crippen LogP contribution in [0.15, 0.2) is 29.8 Å². The molecule has 1 aliphatic carbocycles. The van der Waals surface area contributed by atoms with Crippen molar-refractivity contribution in [1.29, 1.82) is 0 Å². The Kier molecular flexibility index (Phi) is 6.34. The van der Waals surface area contributed by atoms with Gasteiger partial charge in [0, 0.05) is 31.1 Å². The first-order chi connectivity index (χ1) is 14.5. The number of carbonyl (C=O) groups is 3. The maximum atomic E-state index is 12.8. The number of nitrogens with zero attached hydrogens (tertiary/aromatic N) is 2. The van der Waals surface area contributed by atoms with Gasteiger partial charge in [-0.05, 0) is 55.7 Å². The van der Waals surface area contributed by atoms with Gasteiger partial charge in [-0.15, -0.1) is 11.3 Å². The van der Waals surface area contributed by atoms with E-state index in [1.54, 1.807) is 23.6 Å². The summed E-state index contributed by atoms with van der Waals surface area (Å²) in [5.41, 5.74) is 0.508. The fraction of sp³-hybridized carbons (Fsp3) is 0.429. The van der Waals surface area contributed by atoms with E-state index in [1.165, 1.54) is 17.5 Å². The number of halogens is 1. The van der Waals surface area contributed by atoms with Gasteiger partial charge in [-0.1, -0.05) is 11.6 Å². The molecule has 2 aliphatic rings. The highest BCUT2D eigenvalue weighted by Crippen LogP contribution is 2.32. The Morgan fingerprint density at radius 1 is 1.13 bits per heavy atom. The van der Waals surface area contributed by atoms with Gasteiger partial charge in [-0.2, -0.15) is 0 Å². The summed E-state index contributed by atoms with van der Waals surface area (Å²) in [7, 11) is 0. The van der Waals surface area contributed by atoms with Crippen LogP contribution in [0.2, 0.25) is 5.02 Å². The third-order valence-corrected chi connectivity index (χ3v) is 6.85. The number of anilines is 2. The molecule has 0 unspecified atom stereocenters. The lowest BCUT2D eigenvalue weighted by molar-refractivity contribution is -0.130. The zero-order chi connectivity index (χ0) is 21.1.